The fourth-order valence-corrected chi connectivity index (χ4v) is 2.34. The highest BCUT2D eigenvalue weighted by molar-refractivity contribution is 9.10. The normalized spacial score (nSPS) is 13.4. The molecule has 0 radical (unpaired) electrons. The minimum atomic E-state index is -0.828. The summed E-state index contributed by atoms with van der Waals surface area (Å²) in [6, 6.07) is 13.3. The van der Waals surface area contributed by atoms with Gasteiger partial charge in [0.2, 0.25) is 0 Å². The number of hydrogen-bond acceptors (Lipinski definition) is 2. The molecule has 0 heterocycles. The van der Waals surface area contributed by atoms with Gasteiger partial charge in [0.05, 0.1) is 12.1 Å². The van der Waals surface area contributed by atoms with Gasteiger partial charge in [-0.05, 0) is 23.8 Å². The molecule has 5 heteroatoms. The second-order valence-corrected chi connectivity index (χ2v) is 5.36. The second-order valence-electron chi connectivity index (χ2n) is 4.45. The van der Waals surface area contributed by atoms with Crippen LogP contribution in [0.4, 0.5) is 4.39 Å². The number of halogens is 3. The van der Waals surface area contributed by atoms with E-state index in [1.807, 2.05) is 30.3 Å². The first kappa shape index (κ1) is 17.1. The third-order valence-corrected chi connectivity index (χ3v) is 3.51. The van der Waals surface area contributed by atoms with Crippen LogP contribution in [0.25, 0.3) is 0 Å². The van der Waals surface area contributed by atoms with Crippen LogP contribution in [0.1, 0.15) is 17.2 Å². The maximum atomic E-state index is 13.7. The summed E-state index contributed by atoms with van der Waals surface area (Å²) in [5.41, 5.74) is 7.24. The predicted molar refractivity (Wildman–Crippen MR) is 84.4 cm³/mol. The SMILES string of the molecule is Cl.N[C@H](c1cc(Br)ccc1F)[C@@H](O)Cc1ccccc1. The van der Waals surface area contributed by atoms with Crippen LogP contribution in [0.15, 0.2) is 53.0 Å². The predicted octanol–water partition coefficient (Wildman–Crippen LogP) is 3.61. The Labute approximate surface area is 132 Å². The molecule has 2 atom stereocenters. The highest BCUT2D eigenvalue weighted by Gasteiger charge is 2.20. The number of rotatable bonds is 4. The van der Waals surface area contributed by atoms with Gasteiger partial charge in [-0.25, -0.2) is 4.39 Å². The average Bonchev–Trinajstić information content (AvgIpc) is 2.42. The second kappa shape index (κ2) is 7.74. The molecule has 0 saturated carbocycles. The van der Waals surface area contributed by atoms with Crippen molar-refractivity contribution in [2.75, 3.05) is 0 Å². The quantitative estimate of drug-likeness (QED) is 0.875. The van der Waals surface area contributed by atoms with Gasteiger partial charge in [0.25, 0.3) is 0 Å². The third-order valence-electron chi connectivity index (χ3n) is 3.02. The van der Waals surface area contributed by atoms with Crippen molar-refractivity contribution in [3.8, 4) is 0 Å². The molecule has 0 amide bonds. The molecule has 108 valence electrons. The van der Waals surface area contributed by atoms with Gasteiger partial charge in [0.15, 0.2) is 0 Å². The highest BCUT2D eigenvalue weighted by atomic mass is 79.9. The lowest BCUT2D eigenvalue weighted by Crippen LogP contribution is -2.29. The zero-order valence-electron chi connectivity index (χ0n) is 10.7. The number of hydrogen-bond donors (Lipinski definition) is 2. The Bertz CT molecular complexity index is 553. The Hall–Kier alpha value is -0.940. The average molecular weight is 361 g/mol. The molecule has 0 fully saturated rings. The fraction of sp³-hybridized carbons (Fsp3) is 0.200. The number of nitrogens with two attached hydrogens (primary N) is 1. The van der Waals surface area contributed by atoms with E-state index in [2.05, 4.69) is 15.9 Å². The van der Waals surface area contributed by atoms with E-state index in [1.165, 1.54) is 6.07 Å². The van der Waals surface area contributed by atoms with Crippen molar-refractivity contribution in [2.24, 2.45) is 5.73 Å². The molecular formula is C15H16BrClFNO. The standard InChI is InChI=1S/C15H15BrFNO.ClH/c16-11-6-7-13(17)12(9-11)15(18)14(19)8-10-4-2-1-3-5-10;/h1-7,9,14-15,19H,8,18H2;1H/t14-,15+;/m0./s1. The first-order valence-electron chi connectivity index (χ1n) is 6.00. The molecule has 0 spiro atoms. The molecule has 0 unspecified atom stereocenters. The van der Waals surface area contributed by atoms with Crippen LogP contribution in [-0.2, 0) is 6.42 Å². The summed E-state index contributed by atoms with van der Waals surface area (Å²) in [7, 11) is 0. The van der Waals surface area contributed by atoms with Crippen LogP contribution in [0.5, 0.6) is 0 Å². The Morgan fingerprint density at radius 1 is 1.15 bits per heavy atom. The largest absolute Gasteiger partial charge is 0.391 e. The lowest BCUT2D eigenvalue weighted by Gasteiger charge is -2.20. The molecule has 2 nitrogen and oxygen atoms in total. The van der Waals surface area contributed by atoms with Gasteiger partial charge in [-0.3, -0.25) is 0 Å². The van der Waals surface area contributed by atoms with Gasteiger partial charge >= 0.3 is 0 Å². The molecule has 2 aromatic rings. The van der Waals surface area contributed by atoms with Crippen LogP contribution in [0, 0.1) is 5.82 Å². The summed E-state index contributed by atoms with van der Waals surface area (Å²) in [4.78, 5) is 0. The first-order chi connectivity index (χ1) is 9.08. The Kier molecular flexibility index (Phi) is 6.62. The van der Waals surface area contributed by atoms with Gasteiger partial charge in [-0.2, -0.15) is 0 Å². The molecule has 2 aromatic carbocycles. The molecule has 0 saturated heterocycles. The van der Waals surface area contributed by atoms with Crippen molar-refractivity contribution in [3.63, 3.8) is 0 Å². The van der Waals surface area contributed by atoms with Crippen molar-refractivity contribution in [1.82, 2.24) is 0 Å². The fourth-order valence-electron chi connectivity index (χ4n) is 1.96. The lowest BCUT2D eigenvalue weighted by atomic mass is 9.96. The summed E-state index contributed by atoms with van der Waals surface area (Å²) < 4.78 is 14.4. The molecule has 2 rings (SSSR count). The van der Waals surface area contributed by atoms with Gasteiger partial charge < -0.3 is 10.8 Å². The van der Waals surface area contributed by atoms with E-state index in [1.54, 1.807) is 12.1 Å². The summed E-state index contributed by atoms with van der Waals surface area (Å²) >= 11 is 3.28. The summed E-state index contributed by atoms with van der Waals surface area (Å²) in [6.45, 7) is 0. The molecule has 0 aliphatic heterocycles. The van der Waals surface area contributed by atoms with Crippen LogP contribution < -0.4 is 5.73 Å². The highest BCUT2D eigenvalue weighted by Crippen LogP contribution is 2.24. The monoisotopic (exact) mass is 359 g/mol. The topological polar surface area (TPSA) is 46.2 Å². The van der Waals surface area contributed by atoms with Crippen molar-refractivity contribution in [2.45, 2.75) is 18.6 Å². The van der Waals surface area contributed by atoms with Crippen molar-refractivity contribution >= 4 is 28.3 Å². The van der Waals surface area contributed by atoms with Gasteiger partial charge in [-0.15, -0.1) is 12.4 Å². The van der Waals surface area contributed by atoms with Crippen molar-refractivity contribution in [1.29, 1.82) is 0 Å². The van der Waals surface area contributed by atoms with Gasteiger partial charge in [0.1, 0.15) is 5.82 Å². The van der Waals surface area contributed by atoms with Crippen LogP contribution in [-0.4, -0.2) is 11.2 Å². The minimum Gasteiger partial charge on any atom is -0.391 e. The Balaban J connectivity index is 0.00000200. The van der Waals surface area contributed by atoms with Crippen molar-refractivity contribution < 1.29 is 9.50 Å². The van der Waals surface area contributed by atoms with E-state index in [0.717, 1.165) is 10.0 Å². The molecule has 0 aromatic heterocycles. The Morgan fingerprint density at radius 3 is 2.45 bits per heavy atom. The van der Waals surface area contributed by atoms with Gasteiger partial charge in [-0.1, -0.05) is 46.3 Å². The van der Waals surface area contributed by atoms with Crippen LogP contribution >= 0.6 is 28.3 Å². The summed E-state index contributed by atoms with van der Waals surface area (Å²) in [6.07, 6.45) is -0.431. The molecule has 0 aliphatic rings. The molecular weight excluding hydrogens is 345 g/mol. The van der Waals surface area contributed by atoms with E-state index in [4.69, 9.17) is 5.73 Å². The zero-order chi connectivity index (χ0) is 13.8. The van der Waals surface area contributed by atoms with Crippen molar-refractivity contribution in [3.05, 3.63) is 69.9 Å². The molecule has 0 aliphatic carbocycles. The van der Waals surface area contributed by atoms with E-state index in [-0.39, 0.29) is 12.4 Å². The number of aliphatic hydroxyl groups is 1. The summed E-state index contributed by atoms with van der Waals surface area (Å²) in [5, 5.41) is 10.1. The van der Waals surface area contributed by atoms with Crippen LogP contribution in [0.3, 0.4) is 0 Å². The third kappa shape index (κ3) is 4.28. The smallest absolute Gasteiger partial charge is 0.128 e. The number of aliphatic hydroxyl groups excluding tert-OH is 1. The Morgan fingerprint density at radius 2 is 1.80 bits per heavy atom. The van der Waals surface area contributed by atoms with E-state index in [9.17, 15) is 9.50 Å². The van der Waals surface area contributed by atoms with Crippen LogP contribution in [0.2, 0.25) is 0 Å². The molecule has 3 N–H and O–H groups in total. The number of benzene rings is 2. The lowest BCUT2D eigenvalue weighted by molar-refractivity contribution is 0.143. The molecule has 20 heavy (non-hydrogen) atoms. The maximum Gasteiger partial charge on any atom is 0.128 e. The van der Waals surface area contributed by atoms with E-state index >= 15 is 0 Å². The van der Waals surface area contributed by atoms with E-state index in [0.29, 0.717) is 12.0 Å². The first-order valence-corrected chi connectivity index (χ1v) is 6.80. The summed E-state index contributed by atoms with van der Waals surface area (Å²) in [5.74, 6) is -0.400. The van der Waals surface area contributed by atoms with E-state index < -0.39 is 18.0 Å². The minimum absolute atomic E-state index is 0. The molecule has 0 bridgehead atoms. The zero-order valence-corrected chi connectivity index (χ0v) is 13.1. The maximum absolute atomic E-state index is 13.7. The van der Waals surface area contributed by atoms with Gasteiger partial charge in [0, 0.05) is 16.5 Å².